The van der Waals surface area contributed by atoms with Gasteiger partial charge in [-0.3, -0.25) is 4.72 Å². The first-order valence-electron chi connectivity index (χ1n) is 10.1. The van der Waals surface area contributed by atoms with Gasteiger partial charge in [-0.2, -0.15) is 0 Å². The van der Waals surface area contributed by atoms with Gasteiger partial charge in [-0.1, -0.05) is 35.9 Å². The second-order valence-electron chi connectivity index (χ2n) is 7.52. The van der Waals surface area contributed by atoms with E-state index in [0.717, 1.165) is 0 Å². The topological polar surface area (TPSA) is 94.8 Å². The van der Waals surface area contributed by atoms with Gasteiger partial charge in [-0.15, -0.1) is 0 Å². The number of rotatable bonds is 7. The van der Waals surface area contributed by atoms with E-state index in [1.807, 2.05) is 12.1 Å². The number of aryl methyl sites for hydroxylation is 2. The molecule has 4 aromatic rings. The number of sulfonamides is 1. The van der Waals surface area contributed by atoms with E-state index >= 15 is 0 Å². The highest BCUT2D eigenvalue weighted by Crippen LogP contribution is 2.37. The molecule has 0 aliphatic heterocycles. The van der Waals surface area contributed by atoms with Gasteiger partial charge in [0.2, 0.25) is 0 Å². The minimum Gasteiger partial charge on any atom is -0.460 e. The summed E-state index contributed by atoms with van der Waals surface area (Å²) in [4.78, 5) is 12.8. The molecule has 0 saturated heterocycles. The molecule has 0 radical (unpaired) electrons. The molecule has 172 valence electrons. The fourth-order valence-electron chi connectivity index (χ4n) is 3.65. The van der Waals surface area contributed by atoms with Crippen molar-refractivity contribution in [3.63, 3.8) is 0 Å². The lowest BCUT2D eigenvalue weighted by atomic mass is 10.0. The molecule has 7 nitrogen and oxygen atoms in total. The number of halogens is 1. The van der Waals surface area contributed by atoms with Crippen LogP contribution in [0, 0.1) is 13.8 Å². The zero-order valence-corrected chi connectivity index (χ0v) is 19.8. The summed E-state index contributed by atoms with van der Waals surface area (Å²) in [6.45, 7) is 3.75. The zero-order valence-electron chi connectivity index (χ0n) is 18.3. The smallest absolute Gasteiger partial charge is 0.342 e. The number of hydrogen-bond donors (Lipinski definition) is 1. The summed E-state index contributed by atoms with van der Waals surface area (Å²) in [5.74, 6) is -0.188. The Labute approximate surface area is 196 Å². The van der Waals surface area contributed by atoms with Crippen LogP contribution < -0.4 is 4.72 Å². The highest BCUT2D eigenvalue weighted by molar-refractivity contribution is 7.92. The van der Waals surface area contributed by atoms with Gasteiger partial charge in [0.25, 0.3) is 10.0 Å². The van der Waals surface area contributed by atoms with Crippen molar-refractivity contribution >= 4 is 55.0 Å². The third kappa shape index (κ3) is 4.42. The Bertz CT molecular complexity index is 1480. The summed E-state index contributed by atoms with van der Waals surface area (Å²) >= 11 is 6.05. The van der Waals surface area contributed by atoms with Crippen LogP contribution in [-0.2, 0) is 19.5 Å². The van der Waals surface area contributed by atoms with Crippen molar-refractivity contribution in [3.05, 3.63) is 70.4 Å². The molecule has 0 aliphatic rings. The average Bonchev–Trinajstić information content (AvgIpc) is 3.11. The van der Waals surface area contributed by atoms with E-state index in [1.54, 1.807) is 38.1 Å². The van der Waals surface area contributed by atoms with Crippen LogP contribution in [0.1, 0.15) is 21.7 Å². The maximum Gasteiger partial charge on any atom is 0.342 e. The Morgan fingerprint density at radius 2 is 1.76 bits per heavy atom. The van der Waals surface area contributed by atoms with E-state index in [-0.39, 0.29) is 23.7 Å². The first-order valence-corrected chi connectivity index (χ1v) is 12.0. The van der Waals surface area contributed by atoms with Crippen molar-refractivity contribution in [1.82, 2.24) is 0 Å². The Balaban J connectivity index is 1.86. The third-order valence-corrected chi connectivity index (χ3v) is 7.07. The number of benzene rings is 3. The molecule has 0 unspecified atom stereocenters. The number of carbonyl (C=O) groups is 1. The highest BCUT2D eigenvalue weighted by Gasteiger charge is 2.24. The molecular formula is C24H22ClNO6S. The van der Waals surface area contributed by atoms with Gasteiger partial charge in [0, 0.05) is 28.3 Å². The predicted octanol–water partition coefficient (Wildman–Crippen LogP) is 5.46. The third-order valence-electron chi connectivity index (χ3n) is 5.28. The largest absolute Gasteiger partial charge is 0.460 e. The normalized spacial score (nSPS) is 11.8. The molecule has 0 aliphatic carbocycles. The molecule has 3 aromatic carbocycles. The number of nitrogens with one attached hydrogen (secondary N) is 1. The van der Waals surface area contributed by atoms with Crippen LogP contribution in [0.3, 0.4) is 0 Å². The van der Waals surface area contributed by atoms with Crippen molar-refractivity contribution in [2.24, 2.45) is 0 Å². The van der Waals surface area contributed by atoms with E-state index in [0.29, 0.717) is 43.8 Å². The van der Waals surface area contributed by atoms with Crippen molar-refractivity contribution in [1.29, 1.82) is 0 Å². The molecule has 1 N–H and O–H groups in total. The van der Waals surface area contributed by atoms with Gasteiger partial charge in [-0.05, 0) is 43.7 Å². The molecule has 33 heavy (non-hydrogen) atoms. The molecule has 0 saturated carbocycles. The molecule has 1 heterocycles. The maximum atomic E-state index is 13.2. The maximum absolute atomic E-state index is 13.2. The molecule has 4 rings (SSSR count). The molecule has 0 spiro atoms. The zero-order chi connectivity index (χ0) is 23.8. The quantitative estimate of drug-likeness (QED) is 0.275. The second-order valence-corrected chi connectivity index (χ2v) is 9.61. The number of esters is 1. The Morgan fingerprint density at radius 1 is 1.03 bits per heavy atom. The van der Waals surface area contributed by atoms with Gasteiger partial charge in [0.05, 0.1) is 17.2 Å². The minimum absolute atomic E-state index is 0.0798. The van der Waals surface area contributed by atoms with Gasteiger partial charge < -0.3 is 13.9 Å². The number of hydrogen-bond acceptors (Lipinski definition) is 6. The molecule has 0 bridgehead atoms. The van der Waals surface area contributed by atoms with Gasteiger partial charge in [0.15, 0.2) is 0 Å². The van der Waals surface area contributed by atoms with E-state index in [2.05, 4.69) is 4.72 Å². The molecule has 0 amide bonds. The Morgan fingerprint density at radius 3 is 2.45 bits per heavy atom. The summed E-state index contributed by atoms with van der Waals surface area (Å²) in [5.41, 5.74) is 1.69. The average molecular weight is 488 g/mol. The summed E-state index contributed by atoms with van der Waals surface area (Å²) in [5, 5.41) is 2.23. The summed E-state index contributed by atoms with van der Waals surface area (Å²) in [7, 11) is -2.42. The highest BCUT2D eigenvalue weighted by atomic mass is 35.5. The summed E-state index contributed by atoms with van der Waals surface area (Å²) < 4.78 is 45.1. The molecule has 0 fully saturated rings. The van der Waals surface area contributed by atoms with E-state index in [1.165, 1.54) is 19.2 Å². The first-order chi connectivity index (χ1) is 15.7. The van der Waals surface area contributed by atoms with E-state index in [9.17, 15) is 13.2 Å². The monoisotopic (exact) mass is 487 g/mol. The number of anilines is 1. The standard InChI is InChI=1S/C24H22ClNO6S/c1-14-12-16(8-9-20(14)25)33(28,29)26-21-13-19-22(24(27)31-11-10-30-3)15(2)32-23(19)18-7-5-4-6-17(18)21/h4-9,12-13,26H,10-11H2,1-3H3. The molecule has 1 aromatic heterocycles. The van der Waals surface area contributed by atoms with Gasteiger partial charge in [0.1, 0.15) is 23.5 Å². The van der Waals surface area contributed by atoms with Crippen LogP contribution in [0.5, 0.6) is 0 Å². The van der Waals surface area contributed by atoms with Crippen molar-refractivity contribution in [2.75, 3.05) is 25.0 Å². The summed E-state index contributed by atoms with van der Waals surface area (Å²) in [6.07, 6.45) is 0. The van der Waals surface area contributed by atoms with E-state index in [4.69, 9.17) is 25.5 Å². The van der Waals surface area contributed by atoms with Crippen molar-refractivity contribution < 1.29 is 27.1 Å². The number of fused-ring (bicyclic) bond motifs is 3. The van der Waals surface area contributed by atoms with E-state index < -0.39 is 16.0 Å². The van der Waals surface area contributed by atoms with Gasteiger partial charge in [-0.25, -0.2) is 13.2 Å². The number of carbonyl (C=O) groups excluding carboxylic acids is 1. The van der Waals surface area contributed by atoms with Crippen molar-refractivity contribution in [2.45, 2.75) is 18.7 Å². The predicted molar refractivity (Wildman–Crippen MR) is 128 cm³/mol. The Hall–Kier alpha value is -3.07. The van der Waals surface area contributed by atoms with Crippen LogP contribution >= 0.6 is 11.6 Å². The van der Waals surface area contributed by atoms with Crippen LogP contribution in [0.25, 0.3) is 21.7 Å². The second kappa shape index (κ2) is 9.05. The van der Waals surface area contributed by atoms with Crippen LogP contribution in [0.2, 0.25) is 5.02 Å². The number of furan rings is 1. The van der Waals surface area contributed by atoms with Crippen molar-refractivity contribution in [3.8, 4) is 0 Å². The lowest BCUT2D eigenvalue weighted by Gasteiger charge is -2.12. The fraction of sp³-hybridized carbons (Fsp3) is 0.208. The molecule has 0 atom stereocenters. The lowest BCUT2D eigenvalue weighted by molar-refractivity contribution is 0.0388. The van der Waals surface area contributed by atoms with Crippen LogP contribution in [-0.4, -0.2) is 34.7 Å². The Kier molecular flexibility index (Phi) is 6.34. The minimum atomic E-state index is -3.93. The SMILES string of the molecule is COCCOC(=O)c1c(C)oc2c1cc(NS(=O)(=O)c1ccc(Cl)c(C)c1)c1ccccc12. The fourth-order valence-corrected chi connectivity index (χ4v) is 4.93. The molecule has 9 heteroatoms. The number of methoxy groups -OCH3 is 1. The number of ether oxygens (including phenoxy) is 2. The van der Waals surface area contributed by atoms with Crippen LogP contribution in [0.4, 0.5) is 5.69 Å². The lowest BCUT2D eigenvalue weighted by Crippen LogP contribution is -2.14. The molecular weight excluding hydrogens is 466 g/mol. The first kappa shape index (κ1) is 23.1. The van der Waals surface area contributed by atoms with Crippen LogP contribution in [0.15, 0.2) is 57.8 Å². The van der Waals surface area contributed by atoms with Gasteiger partial charge >= 0.3 is 5.97 Å². The summed E-state index contributed by atoms with van der Waals surface area (Å²) in [6, 6.07) is 13.3.